The molecule has 26 heavy (non-hydrogen) atoms. The van der Waals surface area contributed by atoms with E-state index < -0.39 is 17.7 Å². The predicted octanol–water partition coefficient (Wildman–Crippen LogP) is 4.05. The Hall–Kier alpha value is -2.31. The first-order valence-electron chi connectivity index (χ1n) is 8.51. The third kappa shape index (κ3) is 5.34. The highest BCUT2D eigenvalue weighted by Crippen LogP contribution is 2.29. The van der Waals surface area contributed by atoms with Crippen LogP contribution in [0.3, 0.4) is 0 Å². The van der Waals surface area contributed by atoms with Crippen molar-refractivity contribution in [2.24, 2.45) is 0 Å². The van der Waals surface area contributed by atoms with Gasteiger partial charge in [-0.3, -0.25) is 4.79 Å². The summed E-state index contributed by atoms with van der Waals surface area (Å²) in [5.41, 5.74) is -0.572. The van der Waals surface area contributed by atoms with Crippen LogP contribution in [-0.2, 0) is 20.5 Å². The molecule has 4 nitrogen and oxygen atoms in total. The van der Waals surface area contributed by atoms with Gasteiger partial charge in [-0.15, -0.1) is 0 Å². The molecule has 142 valence electrons. The van der Waals surface area contributed by atoms with E-state index in [0.29, 0.717) is 0 Å². The highest BCUT2D eigenvalue weighted by molar-refractivity contribution is 5.89. The summed E-state index contributed by atoms with van der Waals surface area (Å²) in [5.74, 6) is -1.03. The fourth-order valence-corrected chi connectivity index (χ4v) is 3.15. The lowest BCUT2D eigenvalue weighted by Gasteiger charge is -2.38. The van der Waals surface area contributed by atoms with E-state index in [-0.39, 0.29) is 30.2 Å². The number of rotatable bonds is 4. The Morgan fingerprint density at radius 1 is 1.23 bits per heavy atom. The molecule has 0 bridgehead atoms. The van der Waals surface area contributed by atoms with Gasteiger partial charge in [0.2, 0.25) is 0 Å². The lowest BCUT2D eigenvalue weighted by molar-refractivity contribution is -0.151. The van der Waals surface area contributed by atoms with Gasteiger partial charge in [-0.2, -0.15) is 13.2 Å². The van der Waals surface area contributed by atoms with Crippen molar-refractivity contribution in [3.05, 3.63) is 41.5 Å². The van der Waals surface area contributed by atoms with Crippen LogP contribution in [-0.4, -0.2) is 35.5 Å². The van der Waals surface area contributed by atoms with Crippen LogP contribution in [0.5, 0.6) is 0 Å². The highest BCUT2D eigenvalue weighted by Gasteiger charge is 2.30. The molecule has 2 atom stereocenters. The predicted molar refractivity (Wildman–Crippen MR) is 91.1 cm³/mol. The number of benzene rings is 1. The molecular formula is C19H22F3NO3. The second kappa shape index (κ2) is 8.38. The first-order valence-corrected chi connectivity index (χ1v) is 8.51. The van der Waals surface area contributed by atoms with E-state index in [2.05, 4.69) is 0 Å². The zero-order valence-corrected chi connectivity index (χ0v) is 14.8. The van der Waals surface area contributed by atoms with Crippen molar-refractivity contribution in [1.82, 2.24) is 4.90 Å². The summed E-state index contributed by atoms with van der Waals surface area (Å²) < 4.78 is 42.9. The van der Waals surface area contributed by atoms with Crippen LogP contribution in [0, 0.1) is 0 Å². The molecule has 0 aromatic heterocycles. The molecule has 1 saturated heterocycles. The Kier molecular flexibility index (Phi) is 6.45. The summed E-state index contributed by atoms with van der Waals surface area (Å²) in [4.78, 5) is 25.7. The maximum Gasteiger partial charge on any atom is 0.416 e. The second-order valence-electron chi connectivity index (χ2n) is 6.49. The number of esters is 1. The Morgan fingerprint density at radius 3 is 2.50 bits per heavy atom. The number of amides is 1. The van der Waals surface area contributed by atoms with E-state index in [1.54, 1.807) is 4.90 Å². The maximum atomic E-state index is 12.7. The summed E-state index contributed by atoms with van der Waals surface area (Å²) in [5, 5.41) is 0. The number of likely N-dealkylation sites (tertiary alicyclic amines) is 1. The standard InChI is InChI=1S/C19H22F3NO3/c1-13-5-3-6-14(2)23(13)17(24)12-26-18(25)10-9-15-7-4-8-16(11-15)19(20,21)22/h4,7-11,13-14H,3,5-6,12H2,1-2H3/b10-9+. The first-order chi connectivity index (χ1) is 12.2. The molecule has 0 N–H and O–H groups in total. The van der Waals surface area contributed by atoms with Crippen LogP contribution in [0.1, 0.15) is 44.2 Å². The number of nitrogens with zero attached hydrogens (tertiary/aromatic N) is 1. The van der Waals surface area contributed by atoms with Gasteiger partial charge in [0.1, 0.15) is 0 Å². The molecular weight excluding hydrogens is 347 g/mol. The molecule has 0 saturated carbocycles. The van der Waals surface area contributed by atoms with E-state index >= 15 is 0 Å². The van der Waals surface area contributed by atoms with Gasteiger partial charge in [0, 0.05) is 18.2 Å². The molecule has 1 aliphatic heterocycles. The SMILES string of the molecule is CC1CCCC(C)N1C(=O)COC(=O)/C=C/c1cccc(C(F)(F)F)c1. The van der Waals surface area contributed by atoms with Crippen LogP contribution in [0.15, 0.2) is 30.3 Å². The number of hydrogen-bond acceptors (Lipinski definition) is 3. The Balaban J connectivity index is 1.90. The van der Waals surface area contributed by atoms with Crippen LogP contribution in [0.4, 0.5) is 13.2 Å². The first kappa shape index (κ1) is 20.0. The molecule has 0 aliphatic carbocycles. The number of alkyl halides is 3. The molecule has 1 amide bonds. The normalized spacial score (nSPS) is 21.0. The lowest BCUT2D eigenvalue weighted by Crippen LogP contribution is -2.49. The Labute approximate surface area is 150 Å². The summed E-state index contributed by atoms with van der Waals surface area (Å²) in [6, 6.07) is 4.80. The molecule has 7 heteroatoms. The number of halogens is 3. The van der Waals surface area contributed by atoms with E-state index in [1.165, 1.54) is 18.2 Å². The van der Waals surface area contributed by atoms with Gasteiger partial charge < -0.3 is 9.64 Å². The third-order valence-electron chi connectivity index (χ3n) is 4.45. The lowest BCUT2D eigenvalue weighted by atomic mass is 9.97. The van der Waals surface area contributed by atoms with Gasteiger partial charge >= 0.3 is 12.1 Å². The Morgan fingerprint density at radius 2 is 1.88 bits per heavy atom. The van der Waals surface area contributed by atoms with Crippen molar-refractivity contribution in [3.63, 3.8) is 0 Å². The minimum atomic E-state index is -4.45. The Bertz CT molecular complexity index is 675. The van der Waals surface area contributed by atoms with Gasteiger partial charge in [-0.1, -0.05) is 12.1 Å². The van der Waals surface area contributed by atoms with Gasteiger partial charge in [-0.25, -0.2) is 4.79 Å². The highest BCUT2D eigenvalue weighted by atomic mass is 19.4. The molecule has 1 fully saturated rings. The zero-order valence-electron chi connectivity index (χ0n) is 14.8. The summed E-state index contributed by atoms with van der Waals surface area (Å²) >= 11 is 0. The summed E-state index contributed by atoms with van der Waals surface area (Å²) in [7, 11) is 0. The van der Waals surface area contributed by atoms with Gasteiger partial charge in [-0.05, 0) is 56.9 Å². The molecule has 0 radical (unpaired) electrons. The number of ether oxygens (including phenoxy) is 1. The van der Waals surface area contributed by atoms with Crippen molar-refractivity contribution < 1.29 is 27.5 Å². The average Bonchev–Trinajstić information content (AvgIpc) is 2.57. The minimum absolute atomic E-state index is 0.102. The van der Waals surface area contributed by atoms with E-state index in [0.717, 1.165) is 37.5 Å². The number of carbonyl (C=O) groups is 2. The molecule has 1 aromatic carbocycles. The zero-order chi connectivity index (χ0) is 19.3. The molecule has 2 unspecified atom stereocenters. The van der Waals surface area contributed by atoms with Gasteiger partial charge in [0.15, 0.2) is 6.61 Å². The van der Waals surface area contributed by atoms with Crippen LogP contribution < -0.4 is 0 Å². The van der Waals surface area contributed by atoms with E-state index in [1.807, 2.05) is 13.8 Å². The number of piperidine rings is 1. The molecule has 1 aliphatic rings. The quantitative estimate of drug-likeness (QED) is 0.594. The fourth-order valence-electron chi connectivity index (χ4n) is 3.15. The van der Waals surface area contributed by atoms with Crippen molar-refractivity contribution >= 4 is 18.0 Å². The summed E-state index contributed by atoms with van der Waals surface area (Å²) in [6.45, 7) is 3.55. The number of hydrogen-bond donors (Lipinski definition) is 0. The number of carbonyl (C=O) groups excluding carboxylic acids is 2. The van der Waals surface area contributed by atoms with Gasteiger partial charge in [0.05, 0.1) is 5.56 Å². The maximum absolute atomic E-state index is 12.7. The van der Waals surface area contributed by atoms with E-state index in [9.17, 15) is 22.8 Å². The van der Waals surface area contributed by atoms with Crippen LogP contribution in [0.25, 0.3) is 6.08 Å². The molecule has 2 rings (SSSR count). The summed E-state index contributed by atoms with van der Waals surface area (Å²) in [6.07, 6.45) is 0.698. The van der Waals surface area contributed by atoms with Gasteiger partial charge in [0.25, 0.3) is 5.91 Å². The van der Waals surface area contributed by atoms with Crippen molar-refractivity contribution in [2.75, 3.05) is 6.61 Å². The fraction of sp³-hybridized carbons (Fsp3) is 0.474. The topological polar surface area (TPSA) is 46.6 Å². The third-order valence-corrected chi connectivity index (χ3v) is 4.45. The monoisotopic (exact) mass is 369 g/mol. The van der Waals surface area contributed by atoms with Crippen LogP contribution in [0.2, 0.25) is 0 Å². The minimum Gasteiger partial charge on any atom is -0.452 e. The smallest absolute Gasteiger partial charge is 0.416 e. The van der Waals surface area contributed by atoms with Crippen LogP contribution >= 0.6 is 0 Å². The molecule has 0 spiro atoms. The average molecular weight is 369 g/mol. The largest absolute Gasteiger partial charge is 0.452 e. The molecule has 1 heterocycles. The van der Waals surface area contributed by atoms with Crippen molar-refractivity contribution in [3.8, 4) is 0 Å². The second-order valence-corrected chi connectivity index (χ2v) is 6.49. The van der Waals surface area contributed by atoms with E-state index in [4.69, 9.17) is 4.74 Å². The van der Waals surface area contributed by atoms with Crippen molar-refractivity contribution in [1.29, 1.82) is 0 Å². The van der Waals surface area contributed by atoms with Crippen molar-refractivity contribution in [2.45, 2.75) is 51.4 Å². The molecule has 1 aromatic rings.